The molecule has 0 saturated heterocycles. The molecule has 3 aromatic rings. The second-order valence-electron chi connectivity index (χ2n) is 7.94. The molecule has 0 atom stereocenters. The van der Waals surface area contributed by atoms with Crippen molar-refractivity contribution in [2.24, 2.45) is 5.92 Å². The lowest BCUT2D eigenvalue weighted by atomic mass is 10.00. The van der Waals surface area contributed by atoms with E-state index in [4.69, 9.17) is 0 Å². The van der Waals surface area contributed by atoms with E-state index in [-0.39, 0.29) is 41.3 Å². The highest BCUT2D eigenvalue weighted by molar-refractivity contribution is 6.04. The number of aromatic nitrogens is 1. The molecular weight excluding hydrogens is 407 g/mol. The number of benzene rings is 2. The number of pyridine rings is 1. The van der Waals surface area contributed by atoms with Crippen LogP contribution in [-0.2, 0) is 11.2 Å². The summed E-state index contributed by atoms with van der Waals surface area (Å²) in [4.78, 5) is 41.5. The largest absolute Gasteiger partial charge is 0.310 e. The van der Waals surface area contributed by atoms with Gasteiger partial charge in [-0.1, -0.05) is 43.3 Å². The summed E-state index contributed by atoms with van der Waals surface area (Å²) < 4.78 is 13.7. The smallest absolute Gasteiger partial charge is 0.229 e. The molecule has 1 amide bonds. The van der Waals surface area contributed by atoms with Crippen molar-refractivity contribution in [1.29, 1.82) is 0 Å². The van der Waals surface area contributed by atoms with Gasteiger partial charge in [-0.25, -0.2) is 9.37 Å². The molecule has 0 radical (unpaired) electrons. The van der Waals surface area contributed by atoms with Crippen LogP contribution in [0.3, 0.4) is 0 Å². The molecule has 1 heterocycles. The van der Waals surface area contributed by atoms with Gasteiger partial charge in [0.15, 0.2) is 11.6 Å². The lowest BCUT2D eigenvalue weighted by Crippen LogP contribution is -2.17. The lowest BCUT2D eigenvalue weighted by Gasteiger charge is -2.11. The molecule has 1 N–H and O–H groups in total. The molecule has 1 aromatic heterocycles. The van der Waals surface area contributed by atoms with E-state index in [0.717, 1.165) is 18.4 Å². The second kappa shape index (κ2) is 9.22. The van der Waals surface area contributed by atoms with Crippen molar-refractivity contribution >= 4 is 23.3 Å². The van der Waals surface area contributed by atoms with Crippen molar-refractivity contribution in [3.63, 3.8) is 0 Å². The van der Waals surface area contributed by atoms with Gasteiger partial charge >= 0.3 is 0 Å². The first-order chi connectivity index (χ1) is 15.4. The molecule has 2 aromatic carbocycles. The number of anilines is 1. The van der Waals surface area contributed by atoms with Gasteiger partial charge in [0.1, 0.15) is 17.3 Å². The molecule has 32 heavy (non-hydrogen) atoms. The van der Waals surface area contributed by atoms with Crippen LogP contribution in [0.4, 0.5) is 10.2 Å². The SMILES string of the molecule is CCC(=O)c1ccc(CC(=O)Nc2ccc(-c3cccc(F)c3)c(C(=O)C3CC3)n2)cc1. The Balaban J connectivity index is 1.53. The topological polar surface area (TPSA) is 76.1 Å². The Morgan fingerprint density at radius 2 is 1.78 bits per heavy atom. The molecule has 1 fully saturated rings. The van der Waals surface area contributed by atoms with Gasteiger partial charge in [-0.2, -0.15) is 0 Å². The van der Waals surface area contributed by atoms with Crippen molar-refractivity contribution in [2.75, 3.05) is 5.32 Å². The Labute approximate surface area is 185 Å². The summed E-state index contributed by atoms with van der Waals surface area (Å²) in [5.74, 6) is -0.498. The standard InChI is InChI=1S/C26H23FN2O3/c1-2-22(30)17-8-6-16(7-9-17)14-24(31)28-23-13-12-21(19-4-3-5-20(27)15-19)25(29-23)26(32)18-10-11-18/h3-9,12-13,15,18H,2,10-11,14H2,1H3,(H,28,29,31). The number of halogens is 1. The minimum absolute atomic E-state index is 0.0523. The molecule has 6 heteroatoms. The number of nitrogens with zero attached hydrogens (tertiary/aromatic N) is 1. The van der Waals surface area contributed by atoms with Gasteiger partial charge in [0, 0.05) is 23.5 Å². The average Bonchev–Trinajstić information content (AvgIpc) is 3.64. The van der Waals surface area contributed by atoms with Crippen LogP contribution in [0.1, 0.15) is 52.6 Å². The Bertz CT molecular complexity index is 1180. The van der Waals surface area contributed by atoms with Gasteiger partial charge in [0.25, 0.3) is 0 Å². The van der Waals surface area contributed by atoms with Gasteiger partial charge in [0.05, 0.1) is 6.42 Å². The van der Waals surface area contributed by atoms with Gasteiger partial charge in [-0.3, -0.25) is 14.4 Å². The number of rotatable bonds is 8. The number of hydrogen-bond acceptors (Lipinski definition) is 4. The summed E-state index contributed by atoms with van der Waals surface area (Å²) in [6, 6.07) is 16.3. The number of nitrogens with one attached hydrogen (secondary N) is 1. The number of carbonyl (C=O) groups excluding carboxylic acids is 3. The minimum Gasteiger partial charge on any atom is -0.310 e. The summed E-state index contributed by atoms with van der Waals surface area (Å²) in [7, 11) is 0. The molecule has 0 aliphatic heterocycles. The zero-order chi connectivity index (χ0) is 22.7. The number of hydrogen-bond donors (Lipinski definition) is 1. The molecule has 0 spiro atoms. The maximum atomic E-state index is 13.7. The predicted molar refractivity (Wildman–Crippen MR) is 120 cm³/mol. The van der Waals surface area contributed by atoms with Crippen LogP contribution >= 0.6 is 0 Å². The average molecular weight is 430 g/mol. The number of Topliss-reactive ketones (excluding diaryl/α,β-unsaturated/α-hetero) is 2. The zero-order valence-corrected chi connectivity index (χ0v) is 17.7. The van der Waals surface area contributed by atoms with Crippen LogP contribution in [0.5, 0.6) is 0 Å². The van der Waals surface area contributed by atoms with Crippen LogP contribution in [0.2, 0.25) is 0 Å². The summed E-state index contributed by atoms with van der Waals surface area (Å²) in [6.07, 6.45) is 2.17. The van der Waals surface area contributed by atoms with E-state index >= 15 is 0 Å². The molecular formula is C26H23FN2O3. The van der Waals surface area contributed by atoms with E-state index in [2.05, 4.69) is 10.3 Å². The fraction of sp³-hybridized carbons (Fsp3) is 0.231. The van der Waals surface area contributed by atoms with E-state index in [1.165, 1.54) is 12.1 Å². The van der Waals surface area contributed by atoms with Crippen LogP contribution in [-0.4, -0.2) is 22.5 Å². The van der Waals surface area contributed by atoms with Crippen molar-refractivity contribution in [3.8, 4) is 11.1 Å². The highest BCUT2D eigenvalue weighted by Crippen LogP contribution is 2.35. The van der Waals surface area contributed by atoms with Crippen molar-refractivity contribution < 1.29 is 18.8 Å². The fourth-order valence-corrected chi connectivity index (χ4v) is 3.53. The maximum Gasteiger partial charge on any atom is 0.229 e. The van der Waals surface area contributed by atoms with Crippen LogP contribution in [0.15, 0.2) is 60.7 Å². The fourth-order valence-electron chi connectivity index (χ4n) is 3.53. The van der Waals surface area contributed by atoms with Crippen molar-refractivity contribution in [1.82, 2.24) is 4.98 Å². The Morgan fingerprint density at radius 3 is 2.44 bits per heavy atom. The third-order valence-electron chi connectivity index (χ3n) is 5.44. The van der Waals surface area contributed by atoms with Gasteiger partial charge < -0.3 is 5.32 Å². The third kappa shape index (κ3) is 4.97. The second-order valence-corrected chi connectivity index (χ2v) is 7.94. The Morgan fingerprint density at radius 1 is 1.03 bits per heavy atom. The maximum absolute atomic E-state index is 13.7. The minimum atomic E-state index is -0.392. The van der Waals surface area contributed by atoms with Crippen LogP contribution in [0, 0.1) is 11.7 Å². The van der Waals surface area contributed by atoms with E-state index in [1.807, 2.05) is 0 Å². The highest BCUT2D eigenvalue weighted by Gasteiger charge is 2.33. The monoisotopic (exact) mass is 430 g/mol. The predicted octanol–water partition coefficient (Wildman–Crippen LogP) is 5.25. The summed E-state index contributed by atoms with van der Waals surface area (Å²) in [6.45, 7) is 1.80. The van der Waals surface area contributed by atoms with E-state index < -0.39 is 5.82 Å². The molecule has 162 valence electrons. The van der Waals surface area contributed by atoms with Crippen molar-refractivity contribution in [3.05, 3.63) is 83.3 Å². The summed E-state index contributed by atoms with van der Waals surface area (Å²) >= 11 is 0. The van der Waals surface area contributed by atoms with Crippen LogP contribution < -0.4 is 5.32 Å². The zero-order valence-electron chi connectivity index (χ0n) is 17.7. The molecule has 0 bridgehead atoms. The first-order valence-electron chi connectivity index (χ1n) is 10.7. The normalized spacial score (nSPS) is 12.9. The molecule has 5 nitrogen and oxygen atoms in total. The van der Waals surface area contributed by atoms with Gasteiger partial charge in [0.2, 0.25) is 5.91 Å². The molecule has 4 rings (SSSR count). The van der Waals surface area contributed by atoms with Crippen molar-refractivity contribution in [2.45, 2.75) is 32.6 Å². The van der Waals surface area contributed by atoms with Crippen LogP contribution in [0.25, 0.3) is 11.1 Å². The Hall–Kier alpha value is -3.67. The third-order valence-corrected chi connectivity index (χ3v) is 5.44. The number of amides is 1. The number of ketones is 2. The van der Waals surface area contributed by atoms with Gasteiger partial charge in [-0.05, 0) is 48.2 Å². The molecule has 0 unspecified atom stereocenters. The Kier molecular flexibility index (Phi) is 6.21. The van der Waals surface area contributed by atoms with E-state index in [9.17, 15) is 18.8 Å². The molecule has 1 saturated carbocycles. The first kappa shape index (κ1) is 21.6. The first-order valence-corrected chi connectivity index (χ1v) is 10.7. The van der Waals surface area contributed by atoms with Gasteiger partial charge in [-0.15, -0.1) is 0 Å². The lowest BCUT2D eigenvalue weighted by molar-refractivity contribution is -0.115. The highest BCUT2D eigenvalue weighted by atomic mass is 19.1. The molecule has 1 aliphatic rings. The summed E-state index contributed by atoms with van der Waals surface area (Å²) in [5.41, 5.74) is 2.75. The quantitative estimate of drug-likeness (QED) is 0.495. The molecule has 1 aliphatic carbocycles. The summed E-state index contributed by atoms with van der Waals surface area (Å²) in [5, 5.41) is 2.74. The number of carbonyl (C=O) groups is 3. The van der Waals surface area contributed by atoms with E-state index in [0.29, 0.717) is 23.1 Å². The van der Waals surface area contributed by atoms with E-state index in [1.54, 1.807) is 55.5 Å².